The maximum absolute atomic E-state index is 13.8. The maximum Gasteiger partial charge on any atom is 0.198 e. The molecule has 6 nitrogen and oxygen atoms in total. The molecule has 0 saturated heterocycles. The minimum atomic E-state index is -0.629. The van der Waals surface area contributed by atoms with Crippen LogP contribution in [0.15, 0.2) is 93.5 Å². The molecule has 180 valence electrons. The van der Waals surface area contributed by atoms with Gasteiger partial charge < -0.3 is 19.8 Å². The van der Waals surface area contributed by atoms with Crippen LogP contribution in [0.1, 0.15) is 41.5 Å². The fourth-order valence-corrected chi connectivity index (χ4v) is 5.32. The lowest BCUT2D eigenvalue weighted by Crippen LogP contribution is -2.29. The summed E-state index contributed by atoms with van der Waals surface area (Å²) in [6.45, 7) is 1.94. The van der Waals surface area contributed by atoms with Crippen molar-refractivity contribution in [3.05, 3.63) is 111 Å². The normalized spacial score (nSPS) is 19.1. The molecular formula is C30H26N2O4. The predicted molar refractivity (Wildman–Crippen MR) is 141 cm³/mol. The minimum absolute atomic E-state index is 0.000393. The third-order valence-corrected chi connectivity index (χ3v) is 7.14. The van der Waals surface area contributed by atoms with Crippen molar-refractivity contribution in [2.45, 2.75) is 31.7 Å². The molecule has 3 aromatic carbocycles. The molecule has 1 aliphatic heterocycles. The van der Waals surface area contributed by atoms with Gasteiger partial charge in [-0.3, -0.25) is 9.59 Å². The van der Waals surface area contributed by atoms with Gasteiger partial charge in [0, 0.05) is 17.7 Å². The predicted octanol–water partition coefficient (Wildman–Crippen LogP) is 6.09. The topological polar surface area (TPSA) is 80.6 Å². The Morgan fingerprint density at radius 2 is 1.78 bits per heavy atom. The molecule has 0 amide bonds. The summed E-state index contributed by atoms with van der Waals surface area (Å²) in [4.78, 5) is 27.5. The van der Waals surface area contributed by atoms with E-state index in [0.29, 0.717) is 34.9 Å². The van der Waals surface area contributed by atoms with Gasteiger partial charge in [-0.05, 0) is 61.2 Å². The highest BCUT2D eigenvalue weighted by atomic mass is 16.5. The molecule has 6 rings (SSSR count). The summed E-state index contributed by atoms with van der Waals surface area (Å²) in [7, 11) is 1.64. The van der Waals surface area contributed by atoms with Gasteiger partial charge >= 0.3 is 0 Å². The van der Waals surface area contributed by atoms with E-state index in [-0.39, 0.29) is 17.1 Å². The van der Waals surface area contributed by atoms with Crippen LogP contribution >= 0.6 is 0 Å². The number of benzene rings is 3. The third-order valence-electron chi connectivity index (χ3n) is 7.14. The quantitative estimate of drug-likeness (QED) is 0.371. The van der Waals surface area contributed by atoms with Gasteiger partial charge in [-0.2, -0.15) is 0 Å². The third kappa shape index (κ3) is 3.75. The van der Waals surface area contributed by atoms with Crippen LogP contribution in [0.2, 0.25) is 0 Å². The second kappa shape index (κ2) is 8.72. The van der Waals surface area contributed by atoms with Crippen LogP contribution in [0.4, 0.5) is 11.4 Å². The number of ketones is 1. The lowest BCUT2D eigenvalue weighted by atomic mass is 9.78. The van der Waals surface area contributed by atoms with E-state index in [4.69, 9.17) is 9.15 Å². The number of aryl methyl sites for hydroxylation is 1. The molecule has 2 heterocycles. The fourth-order valence-electron chi connectivity index (χ4n) is 5.32. The molecule has 2 unspecified atom stereocenters. The Kier molecular flexibility index (Phi) is 5.37. The first-order valence-corrected chi connectivity index (χ1v) is 12.1. The molecule has 2 N–H and O–H groups in total. The zero-order valence-electron chi connectivity index (χ0n) is 20.1. The van der Waals surface area contributed by atoms with E-state index in [1.807, 2.05) is 73.7 Å². The SMILES string of the molecule is COc1cccc(C2CC(=O)C3=C(C2)Nc2ccccc2NC3c2coc3ccc(C)cc3c2=O)c1. The van der Waals surface area contributed by atoms with E-state index in [2.05, 4.69) is 10.6 Å². The van der Waals surface area contributed by atoms with Gasteiger partial charge in [0.05, 0.1) is 35.5 Å². The van der Waals surface area contributed by atoms with Gasteiger partial charge in [-0.25, -0.2) is 0 Å². The van der Waals surface area contributed by atoms with Crippen LogP contribution in [-0.2, 0) is 4.79 Å². The number of hydrogen-bond donors (Lipinski definition) is 2. The van der Waals surface area contributed by atoms with Crippen molar-refractivity contribution >= 4 is 28.1 Å². The summed E-state index contributed by atoms with van der Waals surface area (Å²) in [5.41, 5.74) is 5.96. The number of para-hydroxylation sites is 2. The Balaban J connectivity index is 1.50. The highest BCUT2D eigenvalue weighted by molar-refractivity contribution is 6.01. The molecule has 0 fully saturated rings. The van der Waals surface area contributed by atoms with Crippen LogP contribution in [0, 0.1) is 6.92 Å². The zero-order chi connectivity index (χ0) is 24.8. The van der Waals surface area contributed by atoms with Crippen LogP contribution in [0.25, 0.3) is 11.0 Å². The molecule has 1 aromatic heterocycles. The van der Waals surface area contributed by atoms with Crippen LogP contribution < -0.4 is 20.8 Å². The average Bonchev–Trinajstić information content (AvgIpc) is 3.06. The number of anilines is 2. The first-order chi connectivity index (χ1) is 17.5. The molecule has 0 saturated carbocycles. The first kappa shape index (κ1) is 22.2. The summed E-state index contributed by atoms with van der Waals surface area (Å²) < 4.78 is 11.3. The fraction of sp³-hybridized carbons (Fsp3) is 0.200. The average molecular weight is 479 g/mol. The van der Waals surface area contributed by atoms with E-state index in [0.717, 1.165) is 33.9 Å². The number of hydrogen-bond acceptors (Lipinski definition) is 6. The summed E-state index contributed by atoms with van der Waals surface area (Å²) in [5, 5.41) is 7.51. The number of methoxy groups -OCH3 is 1. The number of Topliss-reactive ketones (excluding diaryl/α,β-unsaturated/α-hetero) is 1. The Bertz CT molecular complexity index is 1600. The molecule has 4 aromatic rings. The molecule has 1 aliphatic carbocycles. The van der Waals surface area contributed by atoms with Gasteiger partial charge in [0.2, 0.25) is 0 Å². The van der Waals surface area contributed by atoms with Gasteiger partial charge in [0.25, 0.3) is 0 Å². The highest BCUT2D eigenvalue weighted by Gasteiger charge is 2.37. The standard InChI is InChI=1S/C30H26N2O4/c1-17-10-11-27-21(12-17)30(34)22(16-36-27)29-28-25(31-23-8-3-4-9-24(23)32-29)14-19(15-26(28)33)18-6-5-7-20(13-18)35-2/h3-13,16,19,29,31-32H,14-15H2,1-2H3. The van der Waals surface area contributed by atoms with Crippen molar-refractivity contribution in [1.82, 2.24) is 0 Å². The Morgan fingerprint density at radius 3 is 2.61 bits per heavy atom. The molecule has 2 aliphatic rings. The first-order valence-electron chi connectivity index (χ1n) is 12.1. The van der Waals surface area contributed by atoms with Gasteiger partial charge in [0.15, 0.2) is 11.2 Å². The van der Waals surface area contributed by atoms with Crippen LogP contribution in [0.3, 0.4) is 0 Å². The van der Waals surface area contributed by atoms with E-state index in [1.54, 1.807) is 7.11 Å². The van der Waals surface area contributed by atoms with E-state index >= 15 is 0 Å². The van der Waals surface area contributed by atoms with Gasteiger partial charge in [-0.15, -0.1) is 0 Å². The highest BCUT2D eigenvalue weighted by Crippen LogP contribution is 2.44. The van der Waals surface area contributed by atoms with E-state index in [9.17, 15) is 9.59 Å². The molecule has 0 radical (unpaired) electrons. The minimum Gasteiger partial charge on any atom is -0.497 e. The molecule has 2 atom stereocenters. The number of carbonyl (C=O) groups excluding carboxylic acids is 1. The second-order valence-corrected chi connectivity index (χ2v) is 9.46. The van der Waals surface area contributed by atoms with Crippen molar-refractivity contribution in [3.63, 3.8) is 0 Å². The largest absolute Gasteiger partial charge is 0.497 e. The second-order valence-electron chi connectivity index (χ2n) is 9.46. The summed E-state index contributed by atoms with van der Waals surface area (Å²) in [6.07, 6.45) is 2.48. The number of nitrogens with one attached hydrogen (secondary N) is 2. The lowest BCUT2D eigenvalue weighted by molar-refractivity contribution is -0.116. The Hall–Kier alpha value is -4.32. The van der Waals surface area contributed by atoms with Gasteiger partial charge in [0.1, 0.15) is 17.6 Å². The van der Waals surface area contributed by atoms with Crippen molar-refractivity contribution < 1.29 is 13.9 Å². The van der Waals surface area contributed by atoms with E-state index < -0.39 is 6.04 Å². The summed E-state index contributed by atoms with van der Waals surface area (Å²) in [6, 6.07) is 20.6. The zero-order valence-corrected chi connectivity index (χ0v) is 20.1. The lowest BCUT2D eigenvalue weighted by Gasteiger charge is -2.29. The molecule has 0 bridgehead atoms. The molecular weight excluding hydrogens is 452 g/mol. The number of fused-ring (bicyclic) bond motifs is 2. The van der Waals surface area contributed by atoms with Gasteiger partial charge in [-0.1, -0.05) is 35.9 Å². The monoisotopic (exact) mass is 478 g/mol. The summed E-state index contributed by atoms with van der Waals surface area (Å²) >= 11 is 0. The number of carbonyl (C=O) groups is 1. The smallest absolute Gasteiger partial charge is 0.198 e. The summed E-state index contributed by atoms with van der Waals surface area (Å²) in [5.74, 6) is 0.772. The number of rotatable bonds is 3. The Morgan fingerprint density at radius 1 is 0.944 bits per heavy atom. The van der Waals surface area contributed by atoms with Crippen molar-refractivity contribution in [3.8, 4) is 5.75 Å². The molecule has 36 heavy (non-hydrogen) atoms. The number of allylic oxidation sites excluding steroid dienone is 1. The van der Waals surface area contributed by atoms with Crippen molar-refractivity contribution in [2.75, 3.05) is 17.7 Å². The molecule has 6 heteroatoms. The maximum atomic E-state index is 13.8. The van der Waals surface area contributed by atoms with E-state index in [1.165, 1.54) is 6.26 Å². The van der Waals surface area contributed by atoms with Crippen LogP contribution in [0.5, 0.6) is 5.75 Å². The molecule has 0 spiro atoms. The van der Waals surface area contributed by atoms with Crippen LogP contribution in [-0.4, -0.2) is 12.9 Å². The Labute approximate surface area is 208 Å². The number of ether oxygens (including phenoxy) is 1. The van der Waals surface area contributed by atoms with Crippen molar-refractivity contribution in [2.24, 2.45) is 0 Å². The van der Waals surface area contributed by atoms with Crippen molar-refractivity contribution in [1.29, 1.82) is 0 Å².